The summed E-state index contributed by atoms with van der Waals surface area (Å²) in [4.78, 5) is 21.9. The highest BCUT2D eigenvalue weighted by molar-refractivity contribution is 5.94. The molecule has 25 heavy (non-hydrogen) atoms. The summed E-state index contributed by atoms with van der Waals surface area (Å²) in [6.07, 6.45) is 3.34. The smallest absolute Gasteiger partial charge is 0.401 e. The molecule has 8 nitrogen and oxygen atoms in total. The monoisotopic (exact) mass is 346 g/mol. The first kappa shape index (κ1) is 18.4. The molecule has 1 heterocycles. The van der Waals surface area contributed by atoms with Gasteiger partial charge in [0.05, 0.1) is 25.9 Å². The lowest BCUT2D eigenvalue weighted by Gasteiger charge is -2.06. The summed E-state index contributed by atoms with van der Waals surface area (Å²) >= 11 is 0. The first-order chi connectivity index (χ1) is 12.1. The summed E-state index contributed by atoms with van der Waals surface area (Å²) in [6, 6.07) is 9.66. The van der Waals surface area contributed by atoms with Crippen LogP contribution in [0.25, 0.3) is 12.2 Å². The Morgan fingerprint density at radius 1 is 1.20 bits per heavy atom. The van der Waals surface area contributed by atoms with Crippen molar-refractivity contribution < 1.29 is 24.0 Å². The number of nitro groups is 1. The number of ether oxygens (including phenoxy) is 1. The van der Waals surface area contributed by atoms with Gasteiger partial charge < -0.3 is 19.6 Å². The molecule has 1 aromatic carbocycles. The first-order valence-corrected chi connectivity index (χ1v) is 7.59. The Morgan fingerprint density at radius 3 is 2.60 bits per heavy atom. The summed E-state index contributed by atoms with van der Waals surface area (Å²) in [5, 5.41) is 21.8. The number of rotatable bonds is 9. The number of nitrogens with one attached hydrogen (secondary N) is 1. The molecule has 0 bridgehead atoms. The zero-order valence-corrected chi connectivity index (χ0v) is 13.4. The molecule has 0 atom stereocenters. The summed E-state index contributed by atoms with van der Waals surface area (Å²) in [7, 11) is 0. The zero-order chi connectivity index (χ0) is 18.1. The minimum Gasteiger partial charge on any atom is -0.401 e. The average molecular weight is 346 g/mol. The van der Waals surface area contributed by atoms with Gasteiger partial charge in [0.15, 0.2) is 0 Å². The molecular formula is C17H18N2O6. The van der Waals surface area contributed by atoms with E-state index < -0.39 is 4.92 Å². The van der Waals surface area contributed by atoms with Crippen LogP contribution in [0.3, 0.4) is 0 Å². The molecule has 0 aliphatic rings. The lowest BCUT2D eigenvalue weighted by molar-refractivity contribution is -0.402. The third-order valence-corrected chi connectivity index (χ3v) is 3.17. The standard InChI is InChI=1S/C17H18N2O6/c20-10-12-24-11-9-18-17(21)14-4-1-13(2-5-14)3-6-15-7-8-16(25-15)19(22)23/h1-8,20H,9-12H2,(H,18,21). The van der Waals surface area contributed by atoms with Crippen molar-refractivity contribution in [1.82, 2.24) is 5.32 Å². The molecule has 2 rings (SSSR count). The zero-order valence-electron chi connectivity index (χ0n) is 13.4. The maximum Gasteiger partial charge on any atom is 0.433 e. The van der Waals surface area contributed by atoms with Gasteiger partial charge in [0.1, 0.15) is 10.7 Å². The number of aliphatic hydroxyl groups excluding tert-OH is 1. The summed E-state index contributed by atoms with van der Waals surface area (Å²) in [5.41, 5.74) is 1.33. The number of benzene rings is 1. The molecule has 0 saturated carbocycles. The Morgan fingerprint density at radius 2 is 1.96 bits per heavy atom. The number of furan rings is 1. The van der Waals surface area contributed by atoms with Crippen LogP contribution in [0, 0.1) is 10.1 Å². The average Bonchev–Trinajstić information content (AvgIpc) is 3.09. The fourth-order valence-electron chi connectivity index (χ4n) is 1.96. The maximum absolute atomic E-state index is 11.9. The highest BCUT2D eigenvalue weighted by Crippen LogP contribution is 2.18. The largest absolute Gasteiger partial charge is 0.433 e. The molecular weight excluding hydrogens is 328 g/mol. The summed E-state index contributed by atoms with van der Waals surface area (Å²) in [5.74, 6) is -0.157. The Kier molecular flexibility index (Phi) is 6.87. The van der Waals surface area contributed by atoms with E-state index in [2.05, 4.69) is 5.32 Å². The van der Waals surface area contributed by atoms with Crippen LogP contribution in [0.2, 0.25) is 0 Å². The van der Waals surface area contributed by atoms with Gasteiger partial charge in [-0.1, -0.05) is 18.2 Å². The van der Waals surface area contributed by atoms with Crippen LogP contribution < -0.4 is 5.32 Å². The number of hydrogen-bond donors (Lipinski definition) is 2. The van der Waals surface area contributed by atoms with E-state index in [4.69, 9.17) is 14.3 Å². The topological polar surface area (TPSA) is 115 Å². The van der Waals surface area contributed by atoms with E-state index in [0.717, 1.165) is 5.56 Å². The van der Waals surface area contributed by atoms with E-state index >= 15 is 0 Å². The minimum atomic E-state index is -0.598. The molecule has 0 fully saturated rings. The normalized spacial score (nSPS) is 10.9. The molecule has 1 aromatic heterocycles. The summed E-state index contributed by atoms with van der Waals surface area (Å²) in [6.45, 7) is 0.893. The van der Waals surface area contributed by atoms with Crippen molar-refractivity contribution in [2.45, 2.75) is 0 Å². The van der Waals surface area contributed by atoms with E-state index in [0.29, 0.717) is 24.5 Å². The third kappa shape index (κ3) is 5.87. The fourth-order valence-corrected chi connectivity index (χ4v) is 1.96. The lowest BCUT2D eigenvalue weighted by Crippen LogP contribution is -2.27. The van der Waals surface area contributed by atoms with Crippen molar-refractivity contribution in [2.24, 2.45) is 0 Å². The molecule has 2 aromatic rings. The second-order valence-electron chi connectivity index (χ2n) is 4.98. The number of carbonyl (C=O) groups excluding carboxylic acids is 1. The van der Waals surface area contributed by atoms with Crippen LogP contribution in [-0.4, -0.2) is 42.3 Å². The van der Waals surface area contributed by atoms with Gasteiger partial charge in [-0.2, -0.15) is 0 Å². The molecule has 0 saturated heterocycles. The summed E-state index contributed by atoms with van der Waals surface area (Å²) < 4.78 is 10.1. The van der Waals surface area contributed by atoms with Gasteiger partial charge in [-0.3, -0.25) is 14.9 Å². The molecule has 0 aliphatic heterocycles. The van der Waals surface area contributed by atoms with Gasteiger partial charge >= 0.3 is 5.88 Å². The van der Waals surface area contributed by atoms with Gasteiger partial charge in [-0.15, -0.1) is 0 Å². The van der Waals surface area contributed by atoms with Crippen molar-refractivity contribution in [1.29, 1.82) is 0 Å². The van der Waals surface area contributed by atoms with Crippen LogP contribution in [0.4, 0.5) is 5.88 Å². The first-order valence-electron chi connectivity index (χ1n) is 7.59. The van der Waals surface area contributed by atoms with Crippen molar-refractivity contribution in [2.75, 3.05) is 26.4 Å². The molecule has 0 spiro atoms. The fraction of sp³-hybridized carbons (Fsp3) is 0.235. The van der Waals surface area contributed by atoms with Crippen molar-refractivity contribution in [3.8, 4) is 0 Å². The SMILES string of the molecule is O=C(NCCOCCO)c1ccc(C=Cc2ccc([N+](=O)[O-])o2)cc1. The Bertz CT molecular complexity index is 736. The second-order valence-corrected chi connectivity index (χ2v) is 4.98. The van der Waals surface area contributed by atoms with E-state index in [1.165, 1.54) is 12.1 Å². The van der Waals surface area contributed by atoms with E-state index in [1.54, 1.807) is 36.4 Å². The predicted octanol–water partition coefficient (Wildman–Crippen LogP) is 2.10. The molecule has 2 N–H and O–H groups in total. The maximum atomic E-state index is 11.9. The second kappa shape index (κ2) is 9.36. The number of carbonyl (C=O) groups is 1. The molecule has 0 unspecified atom stereocenters. The van der Waals surface area contributed by atoms with Gasteiger partial charge in [0, 0.05) is 12.1 Å². The van der Waals surface area contributed by atoms with Gasteiger partial charge in [0.25, 0.3) is 5.91 Å². The Balaban J connectivity index is 1.87. The van der Waals surface area contributed by atoms with Crippen molar-refractivity contribution in [3.05, 3.63) is 63.4 Å². The van der Waals surface area contributed by atoms with Gasteiger partial charge in [-0.25, -0.2) is 0 Å². The van der Waals surface area contributed by atoms with Crippen LogP contribution >= 0.6 is 0 Å². The molecule has 0 aliphatic carbocycles. The third-order valence-electron chi connectivity index (χ3n) is 3.17. The van der Waals surface area contributed by atoms with Crippen LogP contribution in [-0.2, 0) is 4.74 Å². The number of aliphatic hydroxyl groups is 1. The van der Waals surface area contributed by atoms with E-state index in [1.807, 2.05) is 0 Å². The van der Waals surface area contributed by atoms with Crippen LogP contribution in [0.5, 0.6) is 0 Å². The van der Waals surface area contributed by atoms with Crippen LogP contribution in [0.1, 0.15) is 21.7 Å². The Hall–Kier alpha value is -2.97. The lowest BCUT2D eigenvalue weighted by atomic mass is 10.1. The van der Waals surface area contributed by atoms with Gasteiger partial charge in [0.2, 0.25) is 0 Å². The highest BCUT2D eigenvalue weighted by atomic mass is 16.6. The highest BCUT2D eigenvalue weighted by Gasteiger charge is 2.09. The molecule has 132 valence electrons. The predicted molar refractivity (Wildman–Crippen MR) is 91.0 cm³/mol. The quantitative estimate of drug-likeness (QED) is 0.408. The van der Waals surface area contributed by atoms with Crippen molar-refractivity contribution >= 4 is 23.9 Å². The van der Waals surface area contributed by atoms with E-state index in [-0.39, 0.29) is 25.0 Å². The number of nitrogens with zero attached hydrogens (tertiary/aromatic N) is 1. The van der Waals surface area contributed by atoms with E-state index in [9.17, 15) is 14.9 Å². The van der Waals surface area contributed by atoms with Crippen molar-refractivity contribution in [3.63, 3.8) is 0 Å². The van der Waals surface area contributed by atoms with Gasteiger partial charge in [-0.05, 0) is 29.8 Å². The number of hydrogen-bond acceptors (Lipinski definition) is 6. The molecule has 1 amide bonds. The number of amides is 1. The minimum absolute atomic E-state index is 0.0473. The Labute approximate surface area is 143 Å². The molecule has 0 radical (unpaired) electrons. The van der Waals surface area contributed by atoms with Crippen LogP contribution in [0.15, 0.2) is 40.8 Å². The molecule has 8 heteroatoms.